The number of halogens is 2. The lowest BCUT2D eigenvalue weighted by Crippen LogP contribution is -2.18. The fourth-order valence-electron chi connectivity index (χ4n) is 1.16. The zero-order valence-corrected chi connectivity index (χ0v) is 10.5. The molecule has 3 N–H and O–H groups in total. The van der Waals surface area contributed by atoms with Crippen LogP contribution in [0, 0.1) is 10.1 Å². The molecule has 98 valence electrons. The molecule has 0 bridgehead atoms. The molecule has 7 nitrogen and oxygen atoms in total. The van der Waals surface area contributed by atoms with Gasteiger partial charge in [-0.2, -0.15) is 0 Å². The molecule has 0 aliphatic carbocycles. The largest absolute Gasteiger partial charge is 0.448 e. The smallest absolute Gasteiger partial charge is 0.404 e. The van der Waals surface area contributed by atoms with E-state index in [0.717, 1.165) is 0 Å². The molecule has 0 heterocycles. The monoisotopic (exact) mass is 293 g/mol. The Balaban J connectivity index is 2.72. The van der Waals surface area contributed by atoms with Crippen molar-refractivity contribution in [2.24, 2.45) is 5.73 Å². The van der Waals surface area contributed by atoms with Gasteiger partial charge in [0, 0.05) is 18.7 Å². The summed E-state index contributed by atoms with van der Waals surface area (Å²) in [7, 11) is 0. The van der Waals surface area contributed by atoms with Crippen LogP contribution in [0.15, 0.2) is 12.1 Å². The molecule has 0 atom stereocenters. The van der Waals surface area contributed by atoms with Crippen molar-refractivity contribution in [3.63, 3.8) is 0 Å². The first-order valence-corrected chi connectivity index (χ1v) is 5.47. The molecule has 1 aromatic rings. The fourth-order valence-corrected chi connectivity index (χ4v) is 1.77. The molecule has 18 heavy (non-hydrogen) atoms. The summed E-state index contributed by atoms with van der Waals surface area (Å²) in [6.45, 7) is 0.249. The van der Waals surface area contributed by atoms with Crippen molar-refractivity contribution in [2.45, 2.75) is 0 Å². The minimum atomic E-state index is -0.891. The zero-order valence-electron chi connectivity index (χ0n) is 8.98. The number of hydrogen-bond donors (Lipinski definition) is 2. The van der Waals surface area contributed by atoms with Gasteiger partial charge in [0.2, 0.25) is 0 Å². The summed E-state index contributed by atoms with van der Waals surface area (Å²) < 4.78 is 4.49. The van der Waals surface area contributed by atoms with Gasteiger partial charge in [-0.25, -0.2) is 4.79 Å². The maximum absolute atomic E-state index is 10.5. The Morgan fingerprint density at radius 1 is 1.44 bits per heavy atom. The van der Waals surface area contributed by atoms with Crippen LogP contribution in [0.2, 0.25) is 10.0 Å². The van der Waals surface area contributed by atoms with E-state index >= 15 is 0 Å². The number of carbonyl (C=O) groups is 1. The van der Waals surface area contributed by atoms with Crippen molar-refractivity contribution in [2.75, 3.05) is 18.5 Å². The van der Waals surface area contributed by atoms with Crippen molar-refractivity contribution in [1.82, 2.24) is 0 Å². The van der Waals surface area contributed by atoms with Crippen molar-refractivity contribution in [1.29, 1.82) is 0 Å². The third kappa shape index (κ3) is 3.94. The summed E-state index contributed by atoms with van der Waals surface area (Å²) in [6, 6.07) is 2.34. The Morgan fingerprint density at radius 3 is 2.44 bits per heavy atom. The topological polar surface area (TPSA) is 107 Å². The van der Waals surface area contributed by atoms with Crippen LogP contribution >= 0.6 is 23.2 Å². The van der Waals surface area contributed by atoms with Crippen LogP contribution in [0.1, 0.15) is 0 Å². The van der Waals surface area contributed by atoms with Gasteiger partial charge in [0.25, 0.3) is 5.69 Å². The molecule has 0 aliphatic heterocycles. The number of ether oxygens (including phenoxy) is 1. The predicted molar refractivity (Wildman–Crippen MR) is 67.1 cm³/mol. The highest BCUT2D eigenvalue weighted by Gasteiger charge is 2.14. The molecule has 0 unspecified atom stereocenters. The molecule has 1 rings (SSSR count). The van der Waals surface area contributed by atoms with E-state index in [1.165, 1.54) is 12.1 Å². The number of amides is 1. The molecule has 0 fully saturated rings. The quantitative estimate of drug-likeness (QED) is 0.492. The third-order valence-electron chi connectivity index (χ3n) is 1.89. The molecular formula is C9H9Cl2N3O4. The lowest BCUT2D eigenvalue weighted by atomic mass is 10.3. The van der Waals surface area contributed by atoms with Gasteiger partial charge in [-0.05, 0) is 0 Å². The first-order valence-electron chi connectivity index (χ1n) is 4.71. The fraction of sp³-hybridized carbons (Fsp3) is 0.222. The maximum Gasteiger partial charge on any atom is 0.404 e. The van der Waals surface area contributed by atoms with Crippen LogP contribution in [0.5, 0.6) is 0 Å². The van der Waals surface area contributed by atoms with Gasteiger partial charge in [0.1, 0.15) is 6.61 Å². The van der Waals surface area contributed by atoms with Gasteiger partial charge in [-0.1, -0.05) is 23.2 Å². The second-order valence-corrected chi connectivity index (χ2v) is 3.95. The van der Waals surface area contributed by atoms with E-state index in [0.29, 0.717) is 5.69 Å². The summed E-state index contributed by atoms with van der Waals surface area (Å²) in [5.74, 6) is 0. The van der Waals surface area contributed by atoms with Gasteiger partial charge < -0.3 is 15.8 Å². The first-order chi connectivity index (χ1) is 8.41. The molecule has 0 saturated carbocycles. The van der Waals surface area contributed by atoms with Crippen LogP contribution in [-0.2, 0) is 4.74 Å². The van der Waals surface area contributed by atoms with Gasteiger partial charge in [0.05, 0.1) is 20.7 Å². The molecule has 9 heteroatoms. The van der Waals surface area contributed by atoms with E-state index in [-0.39, 0.29) is 28.9 Å². The number of non-ortho nitro benzene ring substituents is 1. The molecule has 0 spiro atoms. The third-order valence-corrected chi connectivity index (χ3v) is 2.48. The van der Waals surface area contributed by atoms with Gasteiger partial charge in [0.15, 0.2) is 0 Å². The summed E-state index contributed by atoms with van der Waals surface area (Å²) in [4.78, 5) is 20.3. The van der Waals surface area contributed by atoms with Gasteiger partial charge in [-0.3, -0.25) is 10.1 Å². The van der Waals surface area contributed by atoms with Crippen LogP contribution < -0.4 is 11.1 Å². The summed E-state index contributed by atoms with van der Waals surface area (Å²) in [5, 5.41) is 13.5. The van der Waals surface area contributed by atoms with Crippen LogP contribution in [0.4, 0.5) is 16.2 Å². The summed E-state index contributed by atoms with van der Waals surface area (Å²) in [5.41, 5.74) is 4.89. The molecule has 1 amide bonds. The maximum atomic E-state index is 10.5. The minimum Gasteiger partial charge on any atom is -0.448 e. The number of nitrogens with two attached hydrogens (primary N) is 1. The van der Waals surface area contributed by atoms with E-state index in [9.17, 15) is 14.9 Å². The molecular weight excluding hydrogens is 285 g/mol. The lowest BCUT2D eigenvalue weighted by Gasteiger charge is -2.10. The van der Waals surface area contributed by atoms with E-state index in [1.807, 2.05) is 0 Å². The molecule has 0 saturated heterocycles. The van der Waals surface area contributed by atoms with E-state index in [4.69, 9.17) is 28.9 Å². The van der Waals surface area contributed by atoms with E-state index in [2.05, 4.69) is 10.1 Å². The standard InChI is InChI=1S/C9H9Cl2N3O4/c10-6-3-5(14(16)17)4-7(11)8(6)13-1-2-18-9(12)15/h3-4,13H,1-2H2,(H2,12,15). The number of rotatable bonds is 5. The summed E-state index contributed by atoms with van der Waals surface area (Å²) in [6.07, 6.45) is -0.891. The van der Waals surface area contributed by atoms with Crippen molar-refractivity contribution in [3.05, 3.63) is 32.3 Å². The minimum absolute atomic E-state index is 0.0268. The normalized spacial score (nSPS) is 9.89. The average molecular weight is 294 g/mol. The highest BCUT2D eigenvalue weighted by molar-refractivity contribution is 6.39. The molecule has 0 aromatic heterocycles. The number of nitrogens with zero attached hydrogens (tertiary/aromatic N) is 1. The summed E-state index contributed by atoms with van der Waals surface area (Å²) >= 11 is 11.7. The number of anilines is 1. The Hall–Kier alpha value is -1.73. The molecule has 0 aliphatic rings. The highest BCUT2D eigenvalue weighted by Crippen LogP contribution is 2.34. The number of nitro benzene ring substituents is 1. The Bertz CT molecular complexity index is 458. The number of carbonyl (C=O) groups excluding carboxylic acids is 1. The molecule has 0 radical (unpaired) electrons. The Kier molecular flexibility index (Phi) is 4.99. The number of benzene rings is 1. The number of nitro groups is 1. The van der Waals surface area contributed by atoms with Gasteiger partial charge in [-0.15, -0.1) is 0 Å². The van der Waals surface area contributed by atoms with Gasteiger partial charge >= 0.3 is 6.09 Å². The second-order valence-electron chi connectivity index (χ2n) is 3.14. The van der Waals surface area contributed by atoms with E-state index in [1.54, 1.807) is 0 Å². The Morgan fingerprint density at radius 2 is 2.00 bits per heavy atom. The lowest BCUT2D eigenvalue weighted by molar-refractivity contribution is -0.384. The van der Waals surface area contributed by atoms with Crippen molar-refractivity contribution < 1.29 is 14.5 Å². The van der Waals surface area contributed by atoms with Crippen LogP contribution in [0.3, 0.4) is 0 Å². The van der Waals surface area contributed by atoms with Crippen LogP contribution in [-0.4, -0.2) is 24.2 Å². The number of hydrogen-bond acceptors (Lipinski definition) is 5. The van der Waals surface area contributed by atoms with E-state index < -0.39 is 11.0 Å². The zero-order chi connectivity index (χ0) is 13.7. The Labute approximate surface area is 112 Å². The van der Waals surface area contributed by atoms with Crippen molar-refractivity contribution >= 4 is 40.7 Å². The number of primary amides is 1. The van der Waals surface area contributed by atoms with Crippen LogP contribution in [0.25, 0.3) is 0 Å². The first kappa shape index (κ1) is 14.3. The number of nitrogens with one attached hydrogen (secondary N) is 1. The predicted octanol–water partition coefficient (Wildman–Crippen LogP) is 2.41. The highest BCUT2D eigenvalue weighted by atomic mass is 35.5. The second kappa shape index (κ2) is 6.27. The average Bonchev–Trinajstić information content (AvgIpc) is 2.26. The molecule has 1 aromatic carbocycles. The SMILES string of the molecule is NC(=O)OCCNc1c(Cl)cc([N+](=O)[O-])cc1Cl. The van der Waals surface area contributed by atoms with Crippen molar-refractivity contribution in [3.8, 4) is 0 Å².